The maximum atomic E-state index is 15.0. The Bertz CT molecular complexity index is 1860. The predicted octanol–water partition coefficient (Wildman–Crippen LogP) is 8.17. The van der Waals surface area contributed by atoms with Crippen LogP contribution in [-0.2, 0) is 20.7 Å². The maximum Gasteiger partial charge on any atom is 0.249 e. The Labute approximate surface area is 302 Å². The van der Waals surface area contributed by atoms with Crippen LogP contribution in [0.2, 0.25) is 0 Å². The van der Waals surface area contributed by atoms with Crippen molar-refractivity contribution in [2.24, 2.45) is 11.8 Å². The average molecular weight is 696 g/mol. The summed E-state index contributed by atoms with van der Waals surface area (Å²) in [4.78, 5) is 45.0. The monoisotopic (exact) mass is 695 g/mol. The Hall–Kier alpha value is -3.91. The number of piperidine rings is 1. The quantitative estimate of drug-likeness (QED) is 0.216. The second kappa shape index (κ2) is 12.4. The summed E-state index contributed by atoms with van der Waals surface area (Å²) in [6.45, 7) is 17.4. The minimum Gasteiger partial charge on any atom is -0.506 e. The molecule has 272 valence electrons. The molecule has 0 aromatic heterocycles. The van der Waals surface area contributed by atoms with Gasteiger partial charge >= 0.3 is 0 Å². The van der Waals surface area contributed by atoms with Crippen LogP contribution in [0.1, 0.15) is 122 Å². The molecule has 4 bridgehead atoms. The minimum absolute atomic E-state index is 0.0361. The molecule has 8 rings (SSSR count). The van der Waals surface area contributed by atoms with Gasteiger partial charge in [-0.1, -0.05) is 35.5 Å². The number of benzene rings is 1. The molecule has 7 aliphatic rings. The number of phenols is 1. The molecule has 1 saturated carbocycles. The molecular weight excluding hydrogens is 642 g/mol. The van der Waals surface area contributed by atoms with Crippen molar-refractivity contribution in [1.82, 2.24) is 4.90 Å². The van der Waals surface area contributed by atoms with E-state index in [9.17, 15) is 19.5 Å². The minimum atomic E-state index is -1.54. The molecule has 4 heterocycles. The van der Waals surface area contributed by atoms with Crippen LogP contribution in [0.25, 0.3) is 6.08 Å². The van der Waals surface area contributed by atoms with Gasteiger partial charge in [0.1, 0.15) is 28.4 Å². The second-order valence-electron chi connectivity index (χ2n) is 16.8. The zero-order valence-corrected chi connectivity index (χ0v) is 31.5. The second-order valence-corrected chi connectivity index (χ2v) is 16.8. The van der Waals surface area contributed by atoms with E-state index in [1.807, 2.05) is 57.7 Å². The van der Waals surface area contributed by atoms with Gasteiger partial charge in [0.15, 0.2) is 22.8 Å². The molecular formula is C43H53NO7. The highest BCUT2D eigenvalue weighted by Crippen LogP contribution is 2.68. The summed E-state index contributed by atoms with van der Waals surface area (Å²) in [5, 5.41) is 11.9. The third kappa shape index (κ3) is 5.38. The Morgan fingerprint density at radius 1 is 0.961 bits per heavy atom. The molecule has 3 aliphatic carbocycles. The highest BCUT2D eigenvalue weighted by atomic mass is 16.6. The number of aromatic hydroxyl groups is 1. The maximum absolute atomic E-state index is 15.0. The fourth-order valence-electron chi connectivity index (χ4n) is 9.52. The standard InChI is InChI=1S/C43H53NO7/c1-25(2)13-12-18-41(8)19-17-29-34(45)33-35(46)31-23-28-24-32-40(6,7)51-42(38(28)47,20-16-27(5)39(48)44-21-10-9-11-22-44)43(31,32)50-37(33)30(36(29)49-41)15-14-26(3)4/h13-14,16-17,19,23,28,32,45H,9-12,15,18,20-22,24H2,1-8H3/b27-16-/t28-,32+,41-,42?,43-/m1/s1. The number of allylic oxidation sites excluding steroid dienone is 5. The van der Waals surface area contributed by atoms with Crippen molar-refractivity contribution in [2.75, 3.05) is 13.1 Å². The lowest BCUT2D eigenvalue weighted by Gasteiger charge is -2.56. The fraction of sp³-hybridized carbons (Fsp3) is 0.558. The number of Topliss-reactive ketones (excluding diaryl/α,β-unsaturated/α-hetero) is 2. The molecule has 1 spiro atoms. The number of nitrogens with zero attached hydrogens (tertiary/aromatic N) is 1. The number of ketones is 2. The molecule has 1 amide bonds. The predicted molar refractivity (Wildman–Crippen MR) is 197 cm³/mol. The van der Waals surface area contributed by atoms with E-state index in [4.69, 9.17) is 14.2 Å². The van der Waals surface area contributed by atoms with Gasteiger partial charge in [0, 0.05) is 48.1 Å². The fourth-order valence-corrected chi connectivity index (χ4v) is 9.52. The first-order chi connectivity index (χ1) is 24.0. The van der Waals surface area contributed by atoms with Crippen molar-refractivity contribution in [2.45, 2.75) is 129 Å². The molecule has 1 N–H and O–H groups in total. The Kier molecular flexibility index (Phi) is 8.60. The first kappa shape index (κ1) is 35.5. The number of ether oxygens (including phenoxy) is 3. The van der Waals surface area contributed by atoms with E-state index in [1.165, 1.54) is 5.57 Å². The van der Waals surface area contributed by atoms with Crippen LogP contribution < -0.4 is 9.47 Å². The molecule has 1 aromatic carbocycles. The summed E-state index contributed by atoms with van der Waals surface area (Å²) in [5.74, 6) is -0.821. The number of phenolic OH excluding ortho intramolecular Hbond substituents is 1. The normalized spacial score (nSPS) is 31.2. The van der Waals surface area contributed by atoms with Crippen molar-refractivity contribution < 1.29 is 33.7 Å². The smallest absolute Gasteiger partial charge is 0.249 e. The van der Waals surface area contributed by atoms with Gasteiger partial charge in [-0.2, -0.15) is 0 Å². The van der Waals surface area contributed by atoms with Crippen LogP contribution in [0.5, 0.6) is 17.2 Å². The summed E-state index contributed by atoms with van der Waals surface area (Å²) >= 11 is 0. The van der Waals surface area contributed by atoms with Crippen molar-refractivity contribution >= 4 is 23.5 Å². The molecule has 1 aromatic rings. The molecule has 4 aliphatic heterocycles. The molecule has 8 heteroatoms. The lowest BCUT2D eigenvalue weighted by atomic mass is 9.51. The summed E-state index contributed by atoms with van der Waals surface area (Å²) in [5.41, 5.74) is -0.00750. The number of hydrogen-bond acceptors (Lipinski definition) is 7. The van der Waals surface area contributed by atoms with Crippen molar-refractivity contribution in [3.8, 4) is 17.2 Å². The Morgan fingerprint density at radius 2 is 1.67 bits per heavy atom. The van der Waals surface area contributed by atoms with E-state index >= 15 is 0 Å². The van der Waals surface area contributed by atoms with Crippen LogP contribution in [0.4, 0.5) is 0 Å². The van der Waals surface area contributed by atoms with Crippen LogP contribution in [-0.4, -0.2) is 63.0 Å². The van der Waals surface area contributed by atoms with Crippen molar-refractivity contribution in [1.29, 1.82) is 0 Å². The van der Waals surface area contributed by atoms with Crippen LogP contribution in [0.15, 0.2) is 52.7 Å². The molecule has 8 nitrogen and oxygen atoms in total. The van der Waals surface area contributed by atoms with E-state index < -0.39 is 28.3 Å². The third-order valence-corrected chi connectivity index (χ3v) is 12.1. The van der Waals surface area contributed by atoms with E-state index in [0.29, 0.717) is 40.9 Å². The van der Waals surface area contributed by atoms with E-state index in [1.54, 1.807) is 13.0 Å². The largest absolute Gasteiger partial charge is 0.506 e. The van der Waals surface area contributed by atoms with Gasteiger partial charge in [0.2, 0.25) is 5.91 Å². The number of fused-ring (bicyclic) bond motifs is 2. The van der Waals surface area contributed by atoms with E-state index in [-0.39, 0.29) is 46.9 Å². The van der Waals surface area contributed by atoms with Gasteiger partial charge < -0.3 is 24.2 Å². The van der Waals surface area contributed by atoms with Crippen molar-refractivity contribution in [3.05, 3.63) is 69.4 Å². The number of amides is 1. The van der Waals surface area contributed by atoms with Crippen LogP contribution >= 0.6 is 0 Å². The van der Waals surface area contributed by atoms with E-state index in [0.717, 1.165) is 50.8 Å². The number of rotatable bonds is 8. The van der Waals surface area contributed by atoms with Crippen molar-refractivity contribution in [3.63, 3.8) is 0 Å². The average Bonchev–Trinajstić information content (AvgIpc) is 3.23. The topological polar surface area (TPSA) is 102 Å². The van der Waals surface area contributed by atoms with E-state index in [2.05, 4.69) is 26.0 Å². The number of carbonyl (C=O) groups excluding carboxylic acids is 3. The first-order valence-corrected chi connectivity index (χ1v) is 18.8. The lowest BCUT2D eigenvalue weighted by molar-refractivity contribution is -0.171. The molecule has 51 heavy (non-hydrogen) atoms. The summed E-state index contributed by atoms with van der Waals surface area (Å²) in [6.07, 6.45) is 17.3. The highest BCUT2D eigenvalue weighted by Gasteiger charge is 2.81. The molecule has 1 unspecified atom stereocenters. The van der Waals surface area contributed by atoms with Crippen LogP contribution in [0.3, 0.4) is 0 Å². The van der Waals surface area contributed by atoms with Gasteiger partial charge in [0.25, 0.3) is 0 Å². The molecule has 3 fully saturated rings. The SMILES string of the molecule is CC(C)=CCC[C@]1(C)C=Cc2c(O)c3c(c(CC=C(C)C)c2O1)O[C@]12C(=C[C@@H]4C[C@H]1C(C)(C)OC2(C/C=C(/C)C(=O)N1CCCCC1)C4=O)C3=O. The third-order valence-electron chi connectivity index (χ3n) is 12.1. The summed E-state index contributed by atoms with van der Waals surface area (Å²) < 4.78 is 21.1. The number of carbonyl (C=O) groups is 3. The number of likely N-dealkylation sites (tertiary alicyclic amines) is 1. The van der Waals surface area contributed by atoms with Gasteiger partial charge in [0.05, 0.1) is 11.2 Å². The summed E-state index contributed by atoms with van der Waals surface area (Å²) in [7, 11) is 0. The lowest BCUT2D eigenvalue weighted by Crippen LogP contribution is -2.72. The first-order valence-electron chi connectivity index (χ1n) is 18.8. The van der Waals surface area contributed by atoms with Gasteiger partial charge in [-0.15, -0.1) is 0 Å². The van der Waals surface area contributed by atoms with Crippen LogP contribution in [0, 0.1) is 11.8 Å². The highest BCUT2D eigenvalue weighted by molar-refractivity contribution is 6.19. The number of hydrogen-bond donors (Lipinski definition) is 1. The Balaban J connectivity index is 1.39. The van der Waals surface area contributed by atoms with Gasteiger partial charge in [-0.25, -0.2) is 0 Å². The van der Waals surface area contributed by atoms with Gasteiger partial charge in [-0.3, -0.25) is 14.4 Å². The molecule has 5 atom stereocenters. The molecule has 0 radical (unpaired) electrons. The molecule has 2 saturated heterocycles. The summed E-state index contributed by atoms with van der Waals surface area (Å²) in [6, 6.07) is 0. The van der Waals surface area contributed by atoms with Gasteiger partial charge in [-0.05, 0) is 112 Å². The zero-order chi connectivity index (χ0) is 36.7. The zero-order valence-electron chi connectivity index (χ0n) is 31.5. The Morgan fingerprint density at radius 3 is 2.35 bits per heavy atom.